The number of benzene rings is 4. The molecule has 2 heterocycles. The van der Waals surface area contributed by atoms with Gasteiger partial charge in [-0.15, -0.1) is 0 Å². The number of rotatable bonds is 5. The van der Waals surface area contributed by atoms with E-state index in [4.69, 9.17) is 21.1 Å². The van der Waals surface area contributed by atoms with Gasteiger partial charge in [-0.25, -0.2) is 4.39 Å². The molecule has 0 unspecified atom stereocenters. The molecule has 3 atom stereocenters. The molecule has 3 aliphatic rings. The van der Waals surface area contributed by atoms with Crippen molar-refractivity contribution in [1.29, 1.82) is 0 Å². The molecule has 0 bridgehead atoms. The minimum absolute atomic E-state index is 0.246. The van der Waals surface area contributed by atoms with Gasteiger partial charge >= 0.3 is 0 Å². The Bertz CT molecular complexity index is 1850. The number of halogens is 2. The van der Waals surface area contributed by atoms with Gasteiger partial charge in [0.05, 0.1) is 25.3 Å². The second kappa shape index (κ2) is 9.92. The van der Waals surface area contributed by atoms with Crippen LogP contribution in [0.3, 0.4) is 0 Å². The Morgan fingerprint density at radius 2 is 1.53 bits per heavy atom. The maximum atomic E-state index is 14.8. The van der Waals surface area contributed by atoms with Crippen molar-refractivity contribution >= 4 is 40.7 Å². The summed E-state index contributed by atoms with van der Waals surface area (Å²) >= 11 is 6.58. The monoisotopic (exact) mass is 593 g/mol. The predicted octanol–water partition coefficient (Wildman–Crippen LogP) is 6.81. The molecule has 0 saturated carbocycles. The largest absolute Gasteiger partial charge is 0.493 e. The van der Waals surface area contributed by atoms with E-state index in [0.29, 0.717) is 39.4 Å². The fraction of sp³-hybridized carbons (Fsp3) is 0.171. The molecule has 4 aromatic carbocycles. The molecule has 43 heavy (non-hydrogen) atoms. The fourth-order valence-corrected chi connectivity index (χ4v) is 7.42. The lowest BCUT2D eigenvalue weighted by Crippen LogP contribution is -2.48. The van der Waals surface area contributed by atoms with Crippen LogP contribution in [-0.4, -0.2) is 43.7 Å². The number of nitrogens with zero attached hydrogens (tertiary/aromatic N) is 1. The standard InChI is InChI=1S/C35H25ClFNO5/c1-42-27-15-11-20(18-28(27)43-2)30-31(32(39)24-9-5-6-10-25(24)36)38-26-14-13-21(37)17-19(26)12-16-29(38)35(30)33(40)22-7-3-4-8-23(22)34(35)41/h3-18,29-31H,1-2H3/t29-,30+,31-/m0/s1. The molecule has 7 rings (SSSR count). The summed E-state index contributed by atoms with van der Waals surface area (Å²) in [5, 5.41) is 0.246. The van der Waals surface area contributed by atoms with Crippen molar-refractivity contribution in [3.63, 3.8) is 0 Å². The lowest BCUT2D eigenvalue weighted by Gasteiger charge is -2.37. The van der Waals surface area contributed by atoms with Gasteiger partial charge in [-0.05, 0) is 48.0 Å². The quantitative estimate of drug-likeness (QED) is 0.187. The van der Waals surface area contributed by atoms with E-state index in [1.807, 2.05) is 4.90 Å². The summed E-state index contributed by atoms with van der Waals surface area (Å²) in [6, 6.07) is 21.0. The summed E-state index contributed by atoms with van der Waals surface area (Å²) in [5.41, 5.74) is 0.773. The number of hydrogen-bond donors (Lipinski definition) is 0. The smallest absolute Gasteiger partial charge is 0.187 e. The Labute approximate surface area is 252 Å². The third kappa shape index (κ3) is 3.67. The number of ketones is 3. The van der Waals surface area contributed by atoms with E-state index in [0.717, 1.165) is 0 Å². The van der Waals surface area contributed by atoms with Gasteiger partial charge in [0.25, 0.3) is 0 Å². The predicted molar refractivity (Wildman–Crippen MR) is 161 cm³/mol. The highest BCUT2D eigenvalue weighted by molar-refractivity contribution is 6.35. The van der Waals surface area contributed by atoms with Crippen LogP contribution in [0.2, 0.25) is 5.02 Å². The van der Waals surface area contributed by atoms with E-state index >= 15 is 0 Å². The van der Waals surface area contributed by atoms with Crippen molar-refractivity contribution in [1.82, 2.24) is 0 Å². The van der Waals surface area contributed by atoms with Crippen LogP contribution >= 0.6 is 11.6 Å². The van der Waals surface area contributed by atoms with Crippen molar-refractivity contribution in [2.24, 2.45) is 5.41 Å². The van der Waals surface area contributed by atoms with E-state index in [9.17, 15) is 18.8 Å². The molecular formula is C35H25ClFNO5. The number of carbonyl (C=O) groups excluding carboxylic acids is 3. The molecule has 0 amide bonds. The Morgan fingerprint density at radius 3 is 2.21 bits per heavy atom. The summed E-state index contributed by atoms with van der Waals surface area (Å²) < 4.78 is 25.5. The zero-order chi connectivity index (χ0) is 30.0. The number of ether oxygens (including phenoxy) is 2. The molecular weight excluding hydrogens is 569 g/mol. The number of hydrogen-bond acceptors (Lipinski definition) is 6. The summed E-state index contributed by atoms with van der Waals surface area (Å²) in [4.78, 5) is 46.1. The van der Waals surface area contributed by atoms with Crippen molar-refractivity contribution in [3.8, 4) is 11.5 Å². The summed E-state index contributed by atoms with van der Waals surface area (Å²) in [6.45, 7) is 0. The molecule has 0 radical (unpaired) electrons. The van der Waals surface area contributed by atoms with Gasteiger partial charge in [0.2, 0.25) is 0 Å². The molecule has 214 valence electrons. The molecule has 0 aromatic heterocycles. The first-order chi connectivity index (χ1) is 20.8. The Hall–Kier alpha value is -4.75. The van der Waals surface area contributed by atoms with Gasteiger partial charge < -0.3 is 14.4 Å². The maximum Gasteiger partial charge on any atom is 0.187 e. The van der Waals surface area contributed by atoms with Crippen LogP contribution < -0.4 is 14.4 Å². The van der Waals surface area contributed by atoms with Gasteiger partial charge in [0.15, 0.2) is 28.8 Å². The van der Waals surface area contributed by atoms with E-state index in [1.54, 1.807) is 84.9 Å². The average molecular weight is 594 g/mol. The zero-order valence-electron chi connectivity index (χ0n) is 23.2. The average Bonchev–Trinajstić information content (AvgIpc) is 3.46. The topological polar surface area (TPSA) is 72.9 Å². The summed E-state index contributed by atoms with van der Waals surface area (Å²) in [5.74, 6) is -1.68. The van der Waals surface area contributed by atoms with Crippen LogP contribution in [0, 0.1) is 11.2 Å². The molecule has 1 fully saturated rings. The van der Waals surface area contributed by atoms with E-state index < -0.39 is 29.2 Å². The van der Waals surface area contributed by atoms with Crippen molar-refractivity contribution < 1.29 is 28.2 Å². The second-order valence-corrected chi connectivity index (χ2v) is 11.3. The van der Waals surface area contributed by atoms with Crippen LogP contribution in [0.4, 0.5) is 10.1 Å². The number of fused-ring (bicyclic) bond motifs is 5. The molecule has 2 aliphatic heterocycles. The van der Waals surface area contributed by atoms with Gasteiger partial charge in [-0.3, -0.25) is 14.4 Å². The zero-order valence-corrected chi connectivity index (χ0v) is 24.0. The Balaban J connectivity index is 1.57. The molecule has 4 aromatic rings. The SMILES string of the molecule is COc1ccc([C@@H]2[C@@H](C(=O)c3ccccc3Cl)N3c4ccc(F)cc4C=C[C@H]3C23C(=O)c2ccccc2C3=O)cc1OC. The Morgan fingerprint density at radius 1 is 0.860 bits per heavy atom. The third-order valence-corrected chi connectivity index (χ3v) is 9.27. The van der Waals surface area contributed by atoms with Gasteiger partial charge in [-0.2, -0.15) is 0 Å². The summed E-state index contributed by atoms with van der Waals surface area (Å²) in [6.07, 6.45) is 3.47. The van der Waals surface area contributed by atoms with Gasteiger partial charge in [0.1, 0.15) is 17.3 Å². The van der Waals surface area contributed by atoms with E-state index in [2.05, 4.69) is 0 Å². The maximum absolute atomic E-state index is 14.8. The van der Waals surface area contributed by atoms with Gasteiger partial charge in [-0.1, -0.05) is 66.2 Å². The molecule has 0 N–H and O–H groups in total. The van der Waals surface area contributed by atoms with Crippen LogP contribution in [0.5, 0.6) is 11.5 Å². The minimum Gasteiger partial charge on any atom is -0.493 e. The Kier molecular flexibility index (Phi) is 6.25. The lowest BCUT2D eigenvalue weighted by molar-refractivity contribution is 0.0665. The van der Waals surface area contributed by atoms with Crippen LogP contribution in [0.15, 0.2) is 91.0 Å². The number of Topliss-reactive ketones (excluding diaryl/α,β-unsaturated/α-hetero) is 3. The van der Waals surface area contributed by atoms with Gasteiger partial charge in [0, 0.05) is 33.9 Å². The number of carbonyl (C=O) groups is 3. The first kappa shape index (κ1) is 27.1. The molecule has 1 spiro atoms. The van der Waals surface area contributed by atoms with Crippen LogP contribution in [0.25, 0.3) is 6.08 Å². The van der Waals surface area contributed by atoms with Crippen molar-refractivity contribution in [2.45, 2.75) is 18.0 Å². The third-order valence-electron chi connectivity index (χ3n) is 8.94. The van der Waals surface area contributed by atoms with Crippen molar-refractivity contribution in [3.05, 3.63) is 130 Å². The second-order valence-electron chi connectivity index (χ2n) is 10.9. The highest BCUT2D eigenvalue weighted by Crippen LogP contribution is 2.61. The molecule has 6 nitrogen and oxygen atoms in total. The molecule has 8 heteroatoms. The van der Waals surface area contributed by atoms with Crippen molar-refractivity contribution in [2.75, 3.05) is 19.1 Å². The molecule has 1 saturated heterocycles. The fourth-order valence-electron chi connectivity index (χ4n) is 7.19. The highest BCUT2D eigenvalue weighted by Gasteiger charge is 2.71. The summed E-state index contributed by atoms with van der Waals surface area (Å²) in [7, 11) is 3.01. The molecule has 1 aliphatic carbocycles. The van der Waals surface area contributed by atoms with E-state index in [-0.39, 0.29) is 27.9 Å². The normalized spacial score (nSPS) is 21.0. The van der Waals surface area contributed by atoms with E-state index in [1.165, 1.54) is 26.4 Å². The highest BCUT2D eigenvalue weighted by atomic mass is 35.5. The number of methoxy groups -OCH3 is 2. The number of anilines is 1. The van der Waals surface area contributed by atoms with Crippen LogP contribution in [0.1, 0.15) is 48.1 Å². The van der Waals surface area contributed by atoms with Crippen LogP contribution in [-0.2, 0) is 0 Å². The first-order valence-corrected chi connectivity index (χ1v) is 14.2. The minimum atomic E-state index is -1.71. The lowest BCUT2D eigenvalue weighted by atomic mass is 9.64. The first-order valence-electron chi connectivity index (χ1n) is 13.8.